The van der Waals surface area contributed by atoms with Crippen LogP contribution in [0, 0.1) is 0 Å². The quantitative estimate of drug-likeness (QED) is 0.779. The number of thiazole rings is 1. The first-order valence-electron chi connectivity index (χ1n) is 7.58. The monoisotopic (exact) mass is 348 g/mol. The minimum absolute atomic E-state index is 0.217. The summed E-state index contributed by atoms with van der Waals surface area (Å²) in [6, 6.07) is 7.25. The highest BCUT2D eigenvalue weighted by molar-refractivity contribution is 7.15. The van der Waals surface area contributed by atoms with E-state index in [9.17, 15) is 9.59 Å². The summed E-state index contributed by atoms with van der Waals surface area (Å²) in [7, 11) is 1.36. The first-order chi connectivity index (χ1) is 11.5. The van der Waals surface area contributed by atoms with Gasteiger partial charge in [-0.05, 0) is 31.5 Å². The van der Waals surface area contributed by atoms with E-state index in [0.29, 0.717) is 23.7 Å². The number of nitrogens with one attached hydrogen (secondary N) is 1. The molecule has 128 valence electrons. The summed E-state index contributed by atoms with van der Waals surface area (Å²) in [4.78, 5) is 28.7. The van der Waals surface area contributed by atoms with Gasteiger partial charge in [-0.1, -0.05) is 12.1 Å². The van der Waals surface area contributed by atoms with E-state index in [1.165, 1.54) is 18.4 Å². The third-order valence-corrected chi connectivity index (χ3v) is 4.21. The molecule has 0 aliphatic heterocycles. The molecule has 0 fully saturated rings. The molecular formula is C17H20N2O4S. The van der Waals surface area contributed by atoms with Crippen molar-refractivity contribution in [3.8, 4) is 0 Å². The maximum atomic E-state index is 11.9. The van der Waals surface area contributed by atoms with Crippen molar-refractivity contribution in [2.75, 3.05) is 19.0 Å². The molecule has 1 atom stereocenters. The van der Waals surface area contributed by atoms with Crippen molar-refractivity contribution in [1.29, 1.82) is 0 Å². The molecule has 6 nitrogen and oxygen atoms in total. The molecule has 1 aromatic carbocycles. The fraction of sp³-hybridized carbons (Fsp3) is 0.353. The fourth-order valence-electron chi connectivity index (χ4n) is 2.11. The SMILES string of the molecule is CCO[C@@H](C)C(=O)Nc1ncc(Cc2cccc(C(=O)OC)c2)s1. The number of amides is 1. The molecule has 0 aliphatic carbocycles. The van der Waals surface area contributed by atoms with Crippen LogP contribution in [-0.2, 0) is 20.7 Å². The van der Waals surface area contributed by atoms with Crippen molar-refractivity contribution >= 4 is 28.3 Å². The molecular weight excluding hydrogens is 328 g/mol. The first-order valence-corrected chi connectivity index (χ1v) is 8.39. The maximum absolute atomic E-state index is 11.9. The van der Waals surface area contributed by atoms with Crippen molar-refractivity contribution in [1.82, 2.24) is 4.98 Å². The van der Waals surface area contributed by atoms with Crippen LogP contribution in [0.25, 0.3) is 0 Å². The molecule has 24 heavy (non-hydrogen) atoms. The summed E-state index contributed by atoms with van der Waals surface area (Å²) in [5.74, 6) is -0.579. The van der Waals surface area contributed by atoms with Gasteiger partial charge < -0.3 is 9.47 Å². The summed E-state index contributed by atoms with van der Waals surface area (Å²) < 4.78 is 9.97. The number of methoxy groups -OCH3 is 1. The van der Waals surface area contributed by atoms with Gasteiger partial charge in [0.15, 0.2) is 5.13 Å². The largest absolute Gasteiger partial charge is 0.465 e. The smallest absolute Gasteiger partial charge is 0.337 e. The van der Waals surface area contributed by atoms with E-state index in [-0.39, 0.29) is 11.9 Å². The second kappa shape index (κ2) is 8.56. The lowest BCUT2D eigenvalue weighted by Gasteiger charge is -2.09. The zero-order chi connectivity index (χ0) is 17.5. The van der Waals surface area contributed by atoms with Crippen molar-refractivity contribution in [3.63, 3.8) is 0 Å². The number of carbonyl (C=O) groups is 2. The number of hydrogen-bond donors (Lipinski definition) is 1. The van der Waals surface area contributed by atoms with Crippen molar-refractivity contribution in [3.05, 3.63) is 46.5 Å². The zero-order valence-corrected chi connectivity index (χ0v) is 14.7. The van der Waals surface area contributed by atoms with Gasteiger partial charge in [-0.15, -0.1) is 11.3 Å². The van der Waals surface area contributed by atoms with Gasteiger partial charge in [0.25, 0.3) is 5.91 Å². The predicted molar refractivity (Wildman–Crippen MR) is 92.4 cm³/mol. The second-order valence-electron chi connectivity index (χ2n) is 5.09. The highest BCUT2D eigenvalue weighted by Crippen LogP contribution is 2.22. The number of rotatable bonds is 7. The Morgan fingerprint density at radius 1 is 1.38 bits per heavy atom. The van der Waals surface area contributed by atoms with E-state index < -0.39 is 6.10 Å². The van der Waals surface area contributed by atoms with Gasteiger partial charge in [-0.25, -0.2) is 9.78 Å². The molecule has 0 radical (unpaired) electrons. The van der Waals surface area contributed by atoms with Gasteiger partial charge in [-0.3, -0.25) is 10.1 Å². The summed E-state index contributed by atoms with van der Waals surface area (Å²) in [5, 5.41) is 3.27. The van der Waals surface area contributed by atoms with Crippen LogP contribution in [-0.4, -0.2) is 36.7 Å². The molecule has 7 heteroatoms. The number of anilines is 1. The Kier molecular flexibility index (Phi) is 6.45. The van der Waals surface area contributed by atoms with Gasteiger partial charge >= 0.3 is 5.97 Å². The van der Waals surface area contributed by atoms with Gasteiger partial charge in [0.05, 0.1) is 12.7 Å². The molecule has 2 rings (SSSR count). The van der Waals surface area contributed by atoms with Crippen LogP contribution in [0.15, 0.2) is 30.5 Å². The molecule has 2 aromatic rings. The van der Waals surface area contributed by atoms with E-state index in [1.807, 2.05) is 19.1 Å². The lowest BCUT2D eigenvalue weighted by Crippen LogP contribution is -2.27. The van der Waals surface area contributed by atoms with Crippen LogP contribution in [0.4, 0.5) is 5.13 Å². The Morgan fingerprint density at radius 2 is 2.17 bits per heavy atom. The fourth-order valence-corrected chi connectivity index (χ4v) is 2.96. The summed E-state index contributed by atoms with van der Waals surface area (Å²) in [6.45, 7) is 4.02. The number of nitrogens with zero attached hydrogens (tertiary/aromatic N) is 1. The van der Waals surface area contributed by atoms with Crippen molar-refractivity contribution in [2.45, 2.75) is 26.4 Å². The number of ether oxygens (including phenoxy) is 2. The Hall–Kier alpha value is -2.25. The molecule has 0 bridgehead atoms. The Morgan fingerprint density at radius 3 is 2.88 bits per heavy atom. The Bertz CT molecular complexity index is 714. The second-order valence-corrected chi connectivity index (χ2v) is 6.20. The van der Waals surface area contributed by atoms with E-state index in [4.69, 9.17) is 9.47 Å². The van der Waals surface area contributed by atoms with E-state index in [1.54, 1.807) is 25.3 Å². The van der Waals surface area contributed by atoms with Crippen LogP contribution in [0.2, 0.25) is 0 Å². The summed E-state index contributed by atoms with van der Waals surface area (Å²) in [5.41, 5.74) is 1.49. The normalized spacial score (nSPS) is 11.8. The molecule has 0 saturated carbocycles. The van der Waals surface area contributed by atoms with E-state index in [2.05, 4.69) is 10.3 Å². The minimum Gasteiger partial charge on any atom is -0.465 e. The zero-order valence-electron chi connectivity index (χ0n) is 13.9. The third kappa shape index (κ3) is 4.87. The molecule has 1 aromatic heterocycles. The average Bonchev–Trinajstić information content (AvgIpc) is 3.01. The van der Waals surface area contributed by atoms with Gasteiger partial charge in [-0.2, -0.15) is 0 Å². The van der Waals surface area contributed by atoms with Gasteiger partial charge in [0.2, 0.25) is 0 Å². The highest BCUT2D eigenvalue weighted by atomic mass is 32.1. The molecule has 0 unspecified atom stereocenters. The molecule has 0 aliphatic rings. The number of carbonyl (C=O) groups excluding carboxylic acids is 2. The van der Waals surface area contributed by atoms with Crippen molar-refractivity contribution in [2.24, 2.45) is 0 Å². The highest BCUT2D eigenvalue weighted by Gasteiger charge is 2.14. The number of aromatic nitrogens is 1. The first kappa shape index (κ1) is 18.1. The minimum atomic E-state index is -0.515. The lowest BCUT2D eigenvalue weighted by molar-refractivity contribution is -0.126. The molecule has 1 heterocycles. The predicted octanol–water partition coefficient (Wildman–Crippen LogP) is 2.88. The van der Waals surface area contributed by atoms with Gasteiger partial charge in [0, 0.05) is 24.1 Å². The molecule has 1 amide bonds. The summed E-state index contributed by atoms with van der Waals surface area (Å²) >= 11 is 1.40. The van der Waals surface area contributed by atoms with E-state index >= 15 is 0 Å². The Balaban J connectivity index is 2.01. The number of esters is 1. The lowest BCUT2D eigenvalue weighted by atomic mass is 10.1. The van der Waals surface area contributed by atoms with Crippen molar-refractivity contribution < 1.29 is 19.1 Å². The van der Waals surface area contributed by atoms with Crippen LogP contribution in [0.1, 0.15) is 34.6 Å². The summed E-state index contributed by atoms with van der Waals surface area (Å²) in [6.07, 6.45) is 1.83. The van der Waals surface area contributed by atoms with Crippen LogP contribution in [0.3, 0.4) is 0 Å². The number of hydrogen-bond acceptors (Lipinski definition) is 6. The van der Waals surface area contributed by atoms with Crippen LogP contribution in [0.5, 0.6) is 0 Å². The molecule has 1 N–H and O–H groups in total. The van der Waals surface area contributed by atoms with E-state index in [0.717, 1.165) is 10.4 Å². The molecule has 0 spiro atoms. The van der Waals surface area contributed by atoms with Crippen LogP contribution >= 0.6 is 11.3 Å². The third-order valence-electron chi connectivity index (χ3n) is 3.30. The number of benzene rings is 1. The van der Waals surface area contributed by atoms with Crippen LogP contribution < -0.4 is 5.32 Å². The maximum Gasteiger partial charge on any atom is 0.337 e. The van der Waals surface area contributed by atoms with Gasteiger partial charge in [0.1, 0.15) is 6.10 Å². The topological polar surface area (TPSA) is 77.5 Å². The molecule has 0 saturated heterocycles. The Labute approximate surface area is 144 Å². The standard InChI is InChI=1S/C17H20N2O4S/c1-4-23-11(2)15(20)19-17-18-10-14(24-17)9-12-6-5-7-13(8-12)16(21)22-3/h5-8,10-11H,4,9H2,1-3H3,(H,18,19,20)/t11-/m0/s1. The average molecular weight is 348 g/mol.